The van der Waals surface area contributed by atoms with E-state index in [9.17, 15) is 9.59 Å². The molecule has 0 bridgehead atoms. The Balaban J connectivity index is 1.55. The fraction of sp³-hybridized carbons (Fsp3) is 0.227. The highest BCUT2D eigenvalue weighted by atomic mass is 35.5. The van der Waals surface area contributed by atoms with Gasteiger partial charge in [-0.1, -0.05) is 23.2 Å². The summed E-state index contributed by atoms with van der Waals surface area (Å²) < 4.78 is 7.91. The van der Waals surface area contributed by atoms with E-state index in [1.165, 1.54) is 28.6 Å². The number of pyridine rings is 2. The first kappa shape index (κ1) is 22.2. The summed E-state index contributed by atoms with van der Waals surface area (Å²) in [6, 6.07) is 8.07. The molecule has 10 nitrogen and oxygen atoms in total. The Kier molecular flexibility index (Phi) is 5.84. The van der Waals surface area contributed by atoms with Gasteiger partial charge < -0.3 is 15.4 Å². The van der Waals surface area contributed by atoms with Gasteiger partial charge in [-0.05, 0) is 43.0 Å². The second-order valence-electron chi connectivity index (χ2n) is 7.78. The molecule has 0 saturated heterocycles. The van der Waals surface area contributed by atoms with E-state index in [4.69, 9.17) is 27.9 Å². The number of carbonyl (C=O) groups is 2. The van der Waals surface area contributed by atoms with E-state index in [2.05, 4.69) is 25.8 Å². The number of rotatable bonds is 7. The monoisotopic (exact) mass is 499 g/mol. The van der Waals surface area contributed by atoms with Crippen molar-refractivity contribution in [1.29, 1.82) is 0 Å². The average molecular weight is 500 g/mol. The van der Waals surface area contributed by atoms with Crippen LogP contribution in [0.2, 0.25) is 10.0 Å². The molecule has 1 saturated carbocycles. The number of carbonyl (C=O) groups excluding carboxylic acids is 2. The summed E-state index contributed by atoms with van der Waals surface area (Å²) in [6.07, 6.45) is 5.25. The molecule has 0 unspecified atom stereocenters. The topological polar surface area (TPSA) is 115 Å². The molecular formula is C22H19Cl2N7O3. The second kappa shape index (κ2) is 8.96. The van der Waals surface area contributed by atoms with Crippen molar-refractivity contribution in [3.8, 4) is 11.7 Å². The Hall–Kier alpha value is -3.63. The predicted octanol–water partition coefficient (Wildman–Crippen LogP) is 3.62. The summed E-state index contributed by atoms with van der Waals surface area (Å²) >= 11 is 12.8. The first-order valence-electron chi connectivity index (χ1n) is 10.5. The molecule has 0 aliphatic heterocycles. The molecule has 1 aliphatic rings. The molecule has 4 aromatic rings. The molecule has 1 fully saturated rings. The summed E-state index contributed by atoms with van der Waals surface area (Å²) in [6.45, 7) is 0.545. The van der Waals surface area contributed by atoms with Crippen molar-refractivity contribution in [1.82, 2.24) is 29.7 Å². The largest absolute Gasteiger partial charge is 0.480 e. The van der Waals surface area contributed by atoms with E-state index in [0.717, 1.165) is 12.8 Å². The minimum atomic E-state index is -0.595. The van der Waals surface area contributed by atoms with Gasteiger partial charge in [0.05, 0.1) is 34.6 Å². The molecule has 2 amide bonds. The lowest BCUT2D eigenvalue weighted by Gasteiger charge is -2.15. The van der Waals surface area contributed by atoms with Gasteiger partial charge in [-0.15, -0.1) is 5.10 Å². The third-order valence-electron chi connectivity index (χ3n) is 5.40. The van der Waals surface area contributed by atoms with Crippen LogP contribution in [0.5, 0.6) is 5.88 Å². The summed E-state index contributed by atoms with van der Waals surface area (Å²) in [5, 5.41) is 14.6. The van der Waals surface area contributed by atoms with Crippen LogP contribution in [0.1, 0.15) is 33.8 Å². The Labute approximate surface area is 203 Å². The van der Waals surface area contributed by atoms with Gasteiger partial charge in [-0.2, -0.15) is 5.10 Å². The van der Waals surface area contributed by atoms with Crippen molar-refractivity contribution in [2.45, 2.75) is 12.8 Å². The van der Waals surface area contributed by atoms with Gasteiger partial charge in [0.15, 0.2) is 11.5 Å². The third kappa shape index (κ3) is 4.17. The van der Waals surface area contributed by atoms with Crippen LogP contribution in [-0.4, -0.2) is 49.8 Å². The molecule has 0 radical (unpaired) electrons. The van der Waals surface area contributed by atoms with Crippen molar-refractivity contribution < 1.29 is 14.3 Å². The van der Waals surface area contributed by atoms with Gasteiger partial charge in [0.25, 0.3) is 11.8 Å². The highest BCUT2D eigenvalue weighted by Gasteiger charge is 2.27. The minimum Gasteiger partial charge on any atom is -0.480 e. The van der Waals surface area contributed by atoms with E-state index in [-0.39, 0.29) is 33.8 Å². The highest BCUT2D eigenvalue weighted by Crippen LogP contribution is 2.31. The third-order valence-corrected chi connectivity index (χ3v) is 6.00. The van der Waals surface area contributed by atoms with E-state index in [0.29, 0.717) is 23.0 Å². The molecule has 0 aromatic carbocycles. The standard InChI is InChI=1S/C22H19Cl2N7O3/c1-34-17-10-16(31(29-17)20-14(23)3-2-7-25-20)21(32)28-18-15(24)9-13-6-8-27-30(13)19(18)22(33)26-11-12-4-5-12/h2-3,6-10,12H,4-5,11H2,1H3,(H,26,33)(H,28,32). The number of anilines is 1. The van der Waals surface area contributed by atoms with Gasteiger partial charge in [-0.3, -0.25) is 9.59 Å². The quantitative estimate of drug-likeness (QED) is 0.401. The Morgan fingerprint density at radius 2 is 1.97 bits per heavy atom. The number of nitrogens with one attached hydrogen (secondary N) is 2. The number of aromatic nitrogens is 5. The molecule has 12 heteroatoms. The van der Waals surface area contributed by atoms with Crippen LogP contribution in [0.4, 0.5) is 5.69 Å². The number of nitrogens with zero attached hydrogens (tertiary/aromatic N) is 5. The minimum absolute atomic E-state index is 0.0819. The summed E-state index contributed by atoms with van der Waals surface area (Å²) in [5.41, 5.74) is 0.940. The molecule has 0 spiro atoms. The molecular weight excluding hydrogens is 481 g/mol. The van der Waals surface area contributed by atoms with E-state index >= 15 is 0 Å². The Morgan fingerprint density at radius 3 is 2.71 bits per heavy atom. The molecule has 4 aromatic heterocycles. The number of ether oxygens (including phenoxy) is 1. The van der Waals surface area contributed by atoms with Crippen LogP contribution >= 0.6 is 23.2 Å². The van der Waals surface area contributed by atoms with Crippen molar-refractivity contribution in [2.75, 3.05) is 19.0 Å². The lowest BCUT2D eigenvalue weighted by molar-refractivity contribution is 0.0945. The Morgan fingerprint density at radius 1 is 1.15 bits per heavy atom. The highest BCUT2D eigenvalue weighted by molar-refractivity contribution is 6.35. The molecule has 5 rings (SSSR count). The van der Waals surface area contributed by atoms with Gasteiger partial charge in [0.1, 0.15) is 5.69 Å². The molecule has 34 heavy (non-hydrogen) atoms. The number of methoxy groups -OCH3 is 1. The number of amides is 2. The summed E-state index contributed by atoms with van der Waals surface area (Å²) in [7, 11) is 1.43. The van der Waals surface area contributed by atoms with Crippen molar-refractivity contribution in [3.05, 3.63) is 64.2 Å². The van der Waals surface area contributed by atoms with E-state index in [1.54, 1.807) is 30.5 Å². The fourth-order valence-corrected chi connectivity index (χ4v) is 3.95. The van der Waals surface area contributed by atoms with Crippen molar-refractivity contribution in [3.63, 3.8) is 0 Å². The molecule has 4 heterocycles. The van der Waals surface area contributed by atoms with Gasteiger partial charge in [0.2, 0.25) is 5.88 Å². The Bertz CT molecular complexity index is 1410. The zero-order valence-corrected chi connectivity index (χ0v) is 19.5. The van der Waals surface area contributed by atoms with Crippen LogP contribution in [0.15, 0.2) is 42.7 Å². The second-order valence-corrected chi connectivity index (χ2v) is 8.60. The molecule has 2 N–H and O–H groups in total. The molecule has 174 valence electrons. The van der Waals surface area contributed by atoms with Crippen LogP contribution in [0.25, 0.3) is 11.3 Å². The first-order chi connectivity index (χ1) is 16.5. The van der Waals surface area contributed by atoms with Gasteiger partial charge in [-0.25, -0.2) is 14.2 Å². The maximum Gasteiger partial charge on any atom is 0.274 e. The molecule has 1 aliphatic carbocycles. The van der Waals surface area contributed by atoms with Crippen molar-refractivity contribution >= 4 is 46.2 Å². The number of hydrogen-bond donors (Lipinski definition) is 2. The van der Waals surface area contributed by atoms with Crippen molar-refractivity contribution in [2.24, 2.45) is 5.92 Å². The maximum absolute atomic E-state index is 13.4. The van der Waals surface area contributed by atoms with Crippen LogP contribution in [0.3, 0.4) is 0 Å². The maximum atomic E-state index is 13.4. The summed E-state index contributed by atoms with van der Waals surface area (Å²) in [5.74, 6) is -0.0878. The summed E-state index contributed by atoms with van der Waals surface area (Å²) in [4.78, 5) is 30.7. The zero-order chi connectivity index (χ0) is 23.8. The van der Waals surface area contributed by atoms with Crippen LogP contribution in [0, 0.1) is 5.92 Å². The average Bonchev–Trinajstić information content (AvgIpc) is 3.37. The lowest BCUT2D eigenvalue weighted by atomic mass is 10.2. The van der Waals surface area contributed by atoms with E-state index < -0.39 is 11.8 Å². The lowest BCUT2D eigenvalue weighted by Crippen LogP contribution is -2.30. The number of hydrogen-bond acceptors (Lipinski definition) is 6. The van der Waals surface area contributed by atoms with E-state index in [1.807, 2.05) is 0 Å². The predicted molar refractivity (Wildman–Crippen MR) is 126 cm³/mol. The van der Waals surface area contributed by atoms with Gasteiger partial charge >= 0.3 is 0 Å². The smallest absolute Gasteiger partial charge is 0.274 e. The first-order valence-corrected chi connectivity index (χ1v) is 11.2. The number of halogens is 2. The van der Waals surface area contributed by atoms with Gasteiger partial charge in [0, 0.05) is 18.8 Å². The number of fused-ring (bicyclic) bond motifs is 1. The normalized spacial score (nSPS) is 13.1. The SMILES string of the molecule is COc1cc(C(=O)Nc2c(Cl)cc3ccnn3c2C(=O)NCC2CC2)n(-c2ncccc2Cl)n1. The van der Waals surface area contributed by atoms with Crippen LogP contribution < -0.4 is 15.4 Å². The zero-order valence-electron chi connectivity index (χ0n) is 18.0. The fourth-order valence-electron chi connectivity index (χ4n) is 3.50. The molecule has 0 atom stereocenters. The van der Waals surface area contributed by atoms with Crippen LogP contribution in [-0.2, 0) is 0 Å².